The highest BCUT2D eigenvalue weighted by molar-refractivity contribution is 6.62. The van der Waals surface area contributed by atoms with Crippen LogP contribution in [0, 0.1) is 0 Å². The summed E-state index contributed by atoms with van der Waals surface area (Å²) in [7, 11) is 0. The maximum Gasteiger partial charge on any atom is 0.396 e. The van der Waals surface area contributed by atoms with Crippen LogP contribution in [0.1, 0.15) is 45.4 Å². The Bertz CT molecular complexity index is 579. The molecule has 0 saturated heterocycles. The summed E-state index contributed by atoms with van der Waals surface area (Å²) in [4.78, 5) is 0. The lowest BCUT2D eigenvalue weighted by atomic mass is 9.68. The van der Waals surface area contributed by atoms with Gasteiger partial charge in [-0.25, -0.2) is 0 Å². The Labute approximate surface area is 127 Å². The quantitative estimate of drug-likeness (QED) is 0.590. The molecule has 1 aliphatic heterocycles. The molecule has 1 aliphatic rings. The highest BCUT2D eigenvalue weighted by atomic mass is 15.3. The molecule has 2 heterocycles. The van der Waals surface area contributed by atoms with Gasteiger partial charge in [0, 0.05) is 17.4 Å². The zero-order valence-corrected chi connectivity index (χ0v) is 12.9. The number of nitrogens with zero attached hydrogens (tertiary/aromatic N) is 2. The molecule has 0 fully saturated rings. The minimum atomic E-state index is 0.302. The van der Waals surface area contributed by atoms with E-state index in [2.05, 4.69) is 52.2 Å². The Morgan fingerprint density at radius 1 is 1.05 bits per heavy atom. The first kappa shape index (κ1) is 14.2. The summed E-state index contributed by atoms with van der Waals surface area (Å²) in [6.07, 6.45) is 11.1. The molecular weight excluding hydrogens is 257 g/mol. The molecule has 21 heavy (non-hydrogen) atoms. The molecule has 3 nitrogen and oxygen atoms in total. The monoisotopic (exact) mass is 281 g/mol. The Morgan fingerprint density at radius 2 is 1.86 bits per heavy atom. The number of fused-ring (bicyclic) bond motifs is 3. The third-order valence-electron chi connectivity index (χ3n) is 4.32. The number of benzene rings is 1. The predicted molar refractivity (Wildman–Crippen MR) is 90.6 cm³/mol. The summed E-state index contributed by atoms with van der Waals surface area (Å²) < 4.78 is 2.15. The summed E-state index contributed by atoms with van der Waals surface area (Å²) in [6, 6.07) is 10.6. The van der Waals surface area contributed by atoms with E-state index in [-0.39, 0.29) is 0 Å². The van der Waals surface area contributed by atoms with Crippen LogP contribution in [-0.2, 0) is 0 Å². The van der Waals surface area contributed by atoms with Gasteiger partial charge in [0.1, 0.15) is 0 Å². The molecule has 0 radical (unpaired) electrons. The maximum absolute atomic E-state index is 4.52. The van der Waals surface area contributed by atoms with Crippen molar-refractivity contribution >= 4 is 12.7 Å². The van der Waals surface area contributed by atoms with E-state index in [4.69, 9.17) is 0 Å². The van der Waals surface area contributed by atoms with Gasteiger partial charge in [-0.3, -0.25) is 4.59 Å². The van der Waals surface area contributed by atoms with E-state index >= 15 is 0 Å². The number of hydrogen-bond donors (Lipinski definition) is 1. The Morgan fingerprint density at radius 3 is 2.76 bits per heavy atom. The normalized spacial score (nSPS) is 12.7. The van der Waals surface area contributed by atoms with Crippen molar-refractivity contribution in [1.29, 1.82) is 0 Å². The third-order valence-corrected chi connectivity index (χ3v) is 4.32. The highest BCUT2D eigenvalue weighted by Gasteiger charge is 2.27. The number of anilines is 1. The van der Waals surface area contributed by atoms with Crippen LogP contribution in [0.25, 0.3) is 11.3 Å². The molecule has 0 saturated carbocycles. The minimum Gasteiger partial charge on any atom is -0.408 e. The number of aromatic nitrogens is 2. The Kier molecular flexibility index (Phi) is 4.64. The van der Waals surface area contributed by atoms with E-state index in [1.807, 2.05) is 6.20 Å². The van der Waals surface area contributed by atoms with E-state index in [1.165, 1.54) is 55.5 Å². The van der Waals surface area contributed by atoms with E-state index in [0.29, 0.717) is 6.98 Å². The fraction of sp³-hybridized carbons (Fsp3) is 0.471. The number of nitrogens with one attached hydrogen (secondary N) is 1. The summed E-state index contributed by atoms with van der Waals surface area (Å²) >= 11 is 0. The van der Waals surface area contributed by atoms with E-state index in [9.17, 15) is 0 Å². The van der Waals surface area contributed by atoms with E-state index < -0.39 is 0 Å². The standard InChI is InChI=1S/C17H24BN3/c1-2-3-4-5-6-9-13-18-20-16-11-8-7-10-15(16)17-12-14-19-21(17)18/h7-8,10-12,14,20H,2-6,9,13H2,1H3. The van der Waals surface area contributed by atoms with Crippen molar-refractivity contribution in [3.8, 4) is 11.3 Å². The average Bonchev–Trinajstić information content (AvgIpc) is 3.00. The average molecular weight is 281 g/mol. The molecule has 1 aromatic carbocycles. The predicted octanol–water partition coefficient (Wildman–Crippen LogP) is 4.67. The van der Waals surface area contributed by atoms with Crippen molar-refractivity contribution in [2.45, 2.75) is 51.8 Å². The summed E-state index contributed by atoms with van der Waals surface area (Å²) in [5.74, 6) is 0. The van der Waals surface area contributed by atoms with Gasteiger partial charge in [0.15, 0.2) is 0 Å². The molecule has 0 amide bonds. The summed E-state index contributed by atoms with van der Waals surface area (Å²) in [5.41, 5.74) is 3.73. The van der Waals surface area contributed by atoms with Gasteiger partial charge in [-0.05, 0) is 18.5 Å². The van der Waals surface area contributed by atoms with Gasteiger partial charge in [-0.1, -0.05) is 63.6 Å². The SMILES string of the molecule is CCCCCCCCB1Nc2ccccc2-c2ccnn21. The Balaban J connectivity index is 1.61. The smallest absolute Gasteiger partial charge is 0.396 e. The van der Waals surface area contributed by atoms with E-state index in [1.54, 1.807) is 0 Å². The lowest BCUT2D eigenvalue weighted by Gasteiger charge is -2.26. The van der Waals surface area contributed by atoms with Crippen molar-refractivity contribution in [1.82, 2.24) is 9.69 Å². The molecule has 0 aliphatic carbocycles. The van der Waals surface area contributed by atoms with Crippen molar-refractivity contribution in [3.05, 3.63) is 36.5 Å². The second-order valence-corrected chi connectivity index (χ2v) is 5.92. The van der Waals surface area contributed by atoms with Crippen LogP contribution in [-0.4, -0.2) is 16.7 Å². The lowest BCUT2D eigenvalue weighted by Crippen LogP contribution is -2.38. The molecule has 0 atom stereocenters. The summed E-state index contributed by atoms with van der Waals surface area (Å²) in [5, 5.41) is 8.16. The van der Waals surface area contributed by atoms with Crippen LogP contribution in [0.4, 0.5) is 5.69 Å². The molecule has 110 valence electrons. The molecule has 1 N–H and O–H groups in total. The second kappa shape index (κ2) is 6.84. The topological polar surface area (TPSA) is 29.9 Å². The first-order chi connectivity index (χ1) is 10.4. The van der Waals surface area contributed by atoms with Gasteiger partial charge in [-0.15, -0.1) is 0 Å². The molecule has 0 bridgehead atoms. The third kappa shape index (κ3) is 3.15. The van der Waals surface area contributed by atoms with Gasteiger partial charge in [-0.2, -0.15) is 5.10 Å². The van der Waals surface area contributed by atoms with Crippen molar-refractivity contribution in [2.75, 3.05) is 5.23 Å². The fourth-order valence-corrected chi connectivity index (χ4v) is 3.16. The van der Waals surface area contributed by atoms with Crippen LogP contribution < -0.4 is 5.23 Å². The van der Waals surface area contributed by atoms with Gasteiger partial charge < -0.3 is 5.23 Å². The zero-order valence-electron chi connectivity index (χ0n) is 12.9. The Hall–Kier alpha value is -1.71. The molecule has 0 unspecified atom stereocenters. The van der Waals surface area contributed by atoms with Gasteiger partial charge in [0.05, 0.1) is 5.69 Å². The molecule has 3 rings (SSSR count). The second-order valence-electron chi connectivity index (χ2n) is 5.92. The van der Waals surface area contributed by atoms with Crippen molar-refractivity contribution in [2.24, 2.45) is 0 Å². The van der Waals surface area contributed by atoms with E-state index in [0.717, 1.165) is 6.32 Å². The van der Waals surface area contributed by atoms with Crippen LogP contribution in [0.3, 0.4) is 0 Å². The zero-order chi connectivity index (χ0) is 14.5. The molecule has 2 aromatic rings. The maximum atomic E-state index is 4.52. The molecule has 1 aromatic heterocycles. The molecular formula is C17H24BN3. The lowest BCUT2D eigenvalue weighted by molar-refractivity contribution is 0.622. The fourth-order valence-electron chi connectivity index (χ4n) is 3.16. The van der Waals surface area contributed by atoms with Crippen LogP contribution in [0.5, 0.6) is 0 Å². The number of para-hydroxylation sites is 1. The van der Waals surface area contributed by atoms with Crippen molar-refractivity contribution in [3.63, 3.8) is 0 Å². The van der Waals surface area contributed by atoms with Gasteiger partial charge in [0.25, 0.3) is 0 Å². The van der Waals surface area contributed by atoms with Crippen LogP contribution >= 0.6 is 0 Å². The van der Waals surface area contributed by atoms with Crippen molar-refractivity contribution < 1.29 is 0 Å². The number of hydrogen-bond acceptors (Lipinski definition) is 2. The summed E-state index contributed by atoms with van der Waals surface area (Å²) in [6.45, 7) is 2.57. The first-order valence-electron chi connectivity index (χ1n) is 8.29. The van der Waals surface area contributed by atoms with Crippen LogP contribution in [0.2, 0.25) is 6.32 Å². The first-order valence-corrected chi connectivity index (χ1v) is 8.29. The number of unbranched alkanes of at least 4 members (excludes halogenated alkanes) is 5. The molecule has 0 spiro atoms. The van der Waals surface area contributed by atoms with Gasteiger partial charge >= 0.3 is 6.98 Å². The highest BCUT2D eigenvalue weighted by Crippen LogP contribution is 2.32. The number of rotatable bonds is 7. The molecule has 4 heteroatoms. The largest absolute Gasteiger partial charge is 0.408 e. The minimum absolute atomic E-state index is 0.302. The van der Waals surface area contributed by atoms with Crippen LogP contribution in [0.15, 0.2) is 36.5 Å². The van der Waals surface area contributed by atoms with Gasteiger partial charge in [0.2, 0.25) is 0 Å².